The molecule has 3 aromatic rings. The van der Waals surface area contributed by atoms with E-state index in [4.69, 9.17) is 11.6 Å². The van der Waals surface area contributed by atoms with Gasteiger partial charge in [-0.25, -0.2) is 0 Å². The van der Waals surface area contributed by atoms with Crippen LogP contribution in [0.1, 0.15) is 17.5 Å². The highest BCUT2D eigenvalue weighted by atomic mass is 35.5. The molecule has 1 aliphatic heterocycles. The maximum Gasteiger partial charge on any atom is 0.0649 e. The second kappa shape index (κ2) is 7.30. The Balaban J connectivity index is 1.41. The maximum atomic E-state index is 6.22. The number of benzene rings is 2. The first-order valence-electron chi connectivity index (χ1n) is 8.70. The number of rotatable bonds is 4. The monoisotopic (exact) mass is 348 g/mol. The lowest BCUT2D eigenvalue weighted by Gasteiger charge is -2.25. The van der Waals surface area contributed by atoms with Gasteiger partial charge < -0.3 is 4.98 Å². The largest absolute Gasteiger partial charge is 0.360 e. The molecule has 0 radical (unpaired) electrons. The first kappa shape index (κ1) is 16.2. The van der Waals surface area contributed by atoms with Gasteiger partial charge in [0.15, 0.2) is 0 Å². The number of fused-ring (bicyclic) bond motifs is 1. The number of aromatic amines is 1. The van der Waals surface area contributed by atoms with Crippen LogP contribution in [0.15, 0.2) is 66.9 Å². The van der Waals surface area contributed by atoms with Crippen molar-refractivity contribution in [1.82, 2.24) is 9.88 Å². The molecule has 0 unspecified atom stereocenters. The molecule has 0 saturated carbocycles. The van der Waals surface area contributed by atoms with Gasteiger partial charge in [-0.2, -0.15) is 0 Å². The lowest BCUT2D eigenvalue weighted by Crippen LogP contribution is -2.28. The molecular formula is C22H21ClN2. The summed E-state index contributed by atoms with van der Waals surface area (Å²) in [5.74, 6) is 0. The van der Waals surface area contributed by atoms with Gasteiger partial charge >= 0.3 is 0 Å². The molecule has 2 aromatic carbocycles. The summed E-state index contributed by atoms with van der Waals surface area (Å²) in [6.07, 6.45) is 9.86. The smallest absolute Gasteiger partial charge is 0.0649 e. The van der Waals surface area contributed by atoms with Crippen LogP contribution in [0.5, 0.6) is 0 Å². The molecule has 2 nitrogen and oxygen atoms in total. The van der Waals surface area contributed by atoms with Crippen molar-refractivity contribution in [3.63, 3.8) is 0 Å². The van der Waals surface area contributed by atoms with E-state index >= 15 is 0 Å². The molecule has 3 heteroatoms. The van der Waals surface area contributed by atoms with E-state index in [1.807, 2.05) is 12.3 Å². The van der Waals surface area contributed by atoms with Crippen LogP contribution in [0.3, 0.4) is 0 Å². The van der Waals surface area contributed by atoms with Crippen LogP contribution in [0.25, 0.3) is 22.6 Å². The van der Waals surface area contributed by atoms with Crippen molar-refractivity contribution in [2.75, 3.05) is 19.6 Å². The van der Waals surface area contributed by atoms with E-state index in [-0.39, 0.29) is 0 Å². The molecule has 2 heterocycles. The van der Waals surface area contributed by atoms with Crippen LogP contribution >= 0.6 is 11.6 Å². The molecule has 0 bridgehead atoms. The second-order valence-corrected chi connectivity index (χ2v) is 6.82. The lowest BCUT2D eigenvalue weighted by molar-refractivity contribution is 0.335. The van der Waals surface area contributed by atoms with Crippen molar-refractivity contribution in [1.29, 1.82) is 0 Å². The minimum atomic E-state index is 0.770. The Labute approximate surface area is 153 Å². The van der Waals surface area contributed by atoms with E-state index in [1.165, 1.54) is 22.1 Å². The van der Waals surface area contributed by atoms with Crippen LogP contribution in [-0.4, -0.2) is 29.5 Å². The van der Waals surface area contributed by atoms with Crippen molar-refractivity contribution in [2.45, 2.75) is 6.42 Å². The summed E-state index contributed by atoms with van der Waals surface area (Å²) in [7, 11) is 0. The average molecular weight is 349 g/mol. The van der Waals surface area contributed by atoms with Crippen LogP contribution in [0.4, 0.5) is 0 Å². The van der Waals surface area contributed by atoms with Crippen LogP contribution in [0, 0.1) is 0 Å². The lowest BCUT2D eigenvalue weighted by atomic mass is 9.99. The van der Waals surface area contributed by atoms with E-state index in [2.05, 4.69) is 70.6 Å². The first-order valence-corrected chi connectivity index (χ1v) is 9.08. The Morgan fingerprint density at radius 2 is 1.96 bits per heavy atom. The van der Waals surface area contributed by atoms with Gasteiger partial charge in [0.1, 0.15) is 0 Å². The van der Waals surface area contributed by atoms with Crippen LogP contribution in [-0.2, 0) is 0 Å². The summed E-state index contributed by atoms with van der Waals surface area (Å²) < 4.78 is 0. The van der Waals surface area contributed by atoms with Gasteiger partial charge in [-0.1, -0.05) is 66.2 Å². The Kier molecular flexibility index (Phi) is 4.73. The normalized spacial score (nSPS) is 15.8. The fourth-order valence-electron chi connectivity index (χ4n) is 3.41. The Hall–Kier alpha value is -2.29. The highest BCUT2D eigenvalue weighted by Crippen LogP contribution is 2.26. The summed E-state index contributed by atoms with van der Waals surface area (Å²) >= 11 is 6.22. The molecule has 25 heavy (non-hydrogen) atoms. The standard InChI is InChI=1S/C22H21ClN2/c23-21-9-8-19(20-10-13-24-22(20)21)7-4-14-25-15-11-18(12-16-25)17-5-2-1-3-6-17/h1-11,13,24H,12,14-16H2. The highest BCUT2D eigenvalue weighted by Gasteiger charge is 2.11. The summed E-state index contributed by atoms with van der Waals surface area (Å²) in [4.78, 5) is 5.67. The predicted molar refractivity (Wildman–Crippen MR) is 108 cm³/mol. The first-order chi connectivity index (χ1) is 12.3. The van der Waals surface area contributed by atoms with Crippen molar-refractivity contribution >= 4 is 34.2 Å². The number of aromatic nitrogens is 1. The van der Waals surface area contributed by atoms with E-state index < -0.39 is 0 Å². The molecule has 0 atom stereocenters. The number of nitrogens with one attached hydrogen (secondary N) is 1. The molecular weight excluding hydrogens is 328 g/mol. The van der Waals surface area contributed by atoms with Gasteiger partial charge in [-0.15, -0.1) is 0 Å². The predicted octanol–water partition coefficient (Wildman–Crippen LogP) is 5.62. The Bertz CT molecular complexity index is 922. The molecule has 0 amide bonds. The molecule has 0 fully saturated rings. The van der Waals surface area contributed by atoms with Crippen molar-refractivity contribution < 1.29 is 0 Å². The number of halogens is 1. The average Bonchev–Trinajstić information content (AvgIpc) is 3.16. The van der Waals surface area contributed by atoms with E-state index in [0.717, 1.165) is 36.6 Å². The van der Waals surface area contributed by atoms with Gasteiger partial charge in [0.2, 0.25) is 0 Å². The fraction of sp³-hybridized carbons (Fsp3) is 0.182. The molecule has 1 aliphatic rings. The molecule has 4 rings (SSSR count). The number of hydrogen-bond acceptors (Lipinski definition) is 1. The third-order valence-corrected chi connectivity index (χ3v) is 5.12. The van der Waals surface area contributed by atoms with Gasteiger partial charge in [0, 0.05) is 31.2 Å². The third-order valence-electron chi connectivity index (χ3n) is 4.80. The van der Waals surface area contributed by atoms with Crippen LogP contribution in [0.2, 0.25) is 5.02 Å². The quantitative estimate of drug-likeness (QED) is 0.648. The topological polar surface area (TPSA) is 19.0 Å². The number of H-pyrrole nitrogens is 1. The molecule has 1 N–H and O–H groups in total. The summed E-state index contributed by atoms with van der Waals surface area (Å²) in [5, 5.41) is 1.94. The molecule has 0 spiro atoms. The zero-order valence-corrected chi connectivity index (χ0v) is 14.8. The number of nitrogens with zero attached hydrogens (tertiary/aromatic N) is 1. The SMILES string of the molecule is Clc1ccc(C=CCN2CC=C(c3ccccc3)CC2)c2cc[nH]c12. The fourth-order valence-corrected chi connectivity index (χ4v) is 3.63. The number of hydrogen-bond donors (Lipinski definition) is 1. The maximum absolute atomic E-state index is 6.22. The molecule has 0 saturated heterocycles. The molecule has 126 valence electrons. The zero-order chi connectivity index (χ0) is 17.1. The molecule has 1 aromatic heterocycles. The van der Waals surface area contributed by atoms with Gasteiger partial charge in [0.25, 0.3) is 0 Å². The minimum Gasteiger partial charge on any atom is -0.360 e. The van der Waals surface area contributed by atoms with Gasteiger partial charge in [-0.3, -0.25) is 4.90 Å². The summed E-state index contributed by atoms with van der Waals surface area (Å²) in [6.45, 7) is 3.08. The Morgan fingerprint density at radius 3 is 2.76 bits per heavy atom. The van der Waals surface area contributed by atoms with Crippen molar-refractivity contribution in [2.24, 2.45) is 0 Å². The van der Waals surface area contributed by atoms with Crippen molar-refractivity contribution in [3.05, 3.63) is 83.0 Å². The van der Waals surface area contributed by atoms with E-state index in [1.54, 1.807) is 0 Å². The summed E-state index contributed by atoms with van der Waals surface area (Å²) in [5.41, 5.74) is 5.04. The summed E-state index contributed by atoms with van der Waals surface area (Å²) in [6, 6.07) is 16.8. The van der Waals surface area contributed by atoms with Gasteiger partial charge in [0.05, 0.1) is 10.5 Å². The zero-order valence-electron chi connectivity index (χ0n) is 14.1. The van der Waals surface area contributed by atoms with Gasteiger partial charge in [-0.05, 0) is 35.3 Å². The Morgan fingerprint density at radius 1 is 1.08 bits per heavy atom. The van der Waals surface area contributed by atoms with E-state index in [0.29, 0.717) is 0 Å². The van der Waals surface area contributed by atoms with Crippen LogP contribution < -0.4 is 0 Å². The van der Waals surface area contributed by atoms with E-state index in [9.17, 15) is 0 Å². The second-order valence-electron chi connectivity index (χ2n) is 6.41. The third kappa shape index (κ3) is 3.55. The molecule has 0 aliphatic carbocycles. The minimum absolute atomic E-state index is 0.770. The van der Waals surface area contributed by atoms with Crippen molar-refractivity contribution in [3.8, 4) is 0 Å². The highest BCUT2D eigenvalue weighted by molar-refractivity contribution is 6.35.